The van der Waals surface area contributed by atoms with Gasteiger partial charge in [-0.15, -0.1) is 0 Å². The van der Waals surface area contributed by atoms with Crippen molar-refractivity contribution in [3.05, 3.63) is 41.3 Å². The summed E-state index contributed by atoms with van der Waals surface area (Å²) in [5.41, 5.74) is 4.44. The Balaban J connectivity index is 2.28. The second-order valence-electron chi connectivity index (χ2n) is 5.00. The van der Waals surface area contributed by atoms with Crippen molar-refractivity contribution in [1.29, 1.82) is 0 Å². The summed E-state index contributed by atoms with van der Waals surface area (Å²) < 4.78 is 0. The number of imidazole rings is 1. The minimum Gasteiger partial charge on any atom is -0.481 e. The Morgan fingerprint density at radius 1 is 1.42 bits per heavy atom. The van der Waals surface area contributed by atoms with E-state index in [1.807, 2.05) is 6.92 Å². The Morgan fingerprint density at radius 3 is 2.79 bits per heavy atom. The number of hydrogen-bond donors (Lipinski definition) is 2. The van der Waals surface area contributed by atoms with Gasteiger partial charge in [0.25, 0.3) is 0 Å². The molecule has 2 aromatic rings. The predicted molar refractivity (Wildman–Crippen MR) is 74.2 cm³/mol. The van der Waals surface area contributed by atoms with Crippen LogP contribution < -0.4 is 0 Å². The Bertz CT molecular complexity index is 602. The average molecular weight is 258 g/mol. The number of aryl methyl sites for hydroxylation is 2. The van der Waals surface area contributed by atoms with Crippen LogP contribution in [0.25, 0.3) is 11.3 Å². The van der Waals surface area contributed by atoms with Crippen LogP contribution in [0.3, 0.4) is 0 Å². The number of nitrogens with zero attached hydrogens (tertiary/aromatic N) is 1. The molecule has 100 valence electrons. The number of hydrogen-bond acceptors (Lipinski definition) is 2. The van der Waals surface area contributed by atoms with E-state index in [4.69, 9.17) is 5.11 Å². The molecule has 1 aromatic carbocycles. The van der Waals surface area contributed by atoms with E-state index in [0.717, 1.165) is 17.1 Å². The number of aromatic amines is 1. The Kier molecular flexibility index (Phi) is 3.69. The summed E-state index contributed by atoms with van der Waals surface area (Å²) in [7, 11) is 0. The van der Waals surface area contributed by atoms with E-state index in [0.29, 0.717) is 0 Å². The van der Waals surface area contributed by atoms with E-state index in [-0.39, 0.29) is 12.3 Å². The molecular weight excluding hydrogens is 240 g/mol. The van der Waals surface area contributed by atoms with Gasteiger partial charge in [-0.1, -0.05) is 30.7 Å². The summed E-state index contributed by atoms with van der Waals surface area (Å²) in [4.78, 5) is 18.2. The number of H-pyrrole nitrogens is 1. The predicted octanol–water partition coefficient (Wildman–Crippen LogP) is 3.27. The van der Waals surface area contributed by atoms with Crippen molar-refractivity contribution >= 4 is 5.97 Å². The molecule has 1 aromatic heterocycles. The van der Waals surface area contributed by atoms with E-state index in [1.54, 1.807) is 6.20 Å². The number of rotatable bonds is 4. The second kappa shape index (κ2) is 5.26. The molecule has 0 spiro atoms. The first-order valence-electron chi connectivity index (χ1n) is 6.31. The fourth-order valence-electron chi connectivity index (χ4n) is 2.20. The number of benzene rings is 1. The number of carbonyl (C=O) groups is 1. The van der Waals surface area contributed by atoms with Gasteiger partial charge in [-0.2, -0.15) is 0 Å². The molecule has 0 fully saturated rings. The molecular formula is C15H18N2O2. The summed E-state index contributed by atoms with van der Waals surface area (Å²) in [6.07, 6.45) is 1.85. The fourth-order valence-corrected chi connectivity index (χ4v) is 2.20. The summed E-state index contributed by atoms with van der Waals surface area (Å²) in [6.45, 7) is 5.98. The smallest absolute Gasteiger partial charge is 0.304 e. The maximum absolute atomic E-state index is 10.7. The molecule has 0 saturated carbocycles. The van der Waals surface area contributed by atoms with Crippen LogP contribution in [0.4, 0.5) is 0 Å². The summed E-state index contributed by atoms with van der Waals surface area (Å²) in [5.74, 6) is -0.202. The van der Waals surface area contributed by atoms with Crippen LogP contribution >= 0.6 is 0 Å². The molecule has 2 N–H and O–H groups in total. The molecule has 1 atom stereocenters. The topological polar surface area (TPSA) is 66.0 Å². The Labute approximate surface area is 112 Å². The second-order valence-corrected chi connectivity index (χ2v) is 5.00. The van der Waals surface area contributed by atoms with Gasteiger partial charge in [-0.25, -0.2) is 4.98 Å². The minimum absolute atomic E-state index is 0.0832. The lowest BCUT2D eigenvalue weighted by Crippen LogP contribution is -2.04. The lowest BCUT2D eigenvalue weighted by atomic mass is 10.0. The number of aliphatic carboxylic acids is 1. The Morgan fingerprint density at radius 2 is 2.16 bits per heavy atom. The van der Waals surface area contributed by atoms with Gasteiger partial charge < -0.3 is 10.1 Å². The zero-order chi connectivity index (χ0) is 14.0. The van der Waals surface area contributed by atoms with Gasteiger partial charge in [0.2, 0.25) is 0 Å². The third kappa shape index (κ3) is 3.02. The molecule has 2 rings (SSSR count). The number of aromatic nitrogens is 2. The standard InChI is InChI=1S/C15H18N2O2/c1-9-4-5-12(10(2)6-9)13-8-16-15(17-13)11(3)7-14(18)19/h4-6,8,11H,7H2,1-3H3,(H,16,17)(H,18,19). The van der Waals surface area contributed by atoms with Crippen molar-refractivity contribution in [3.63, 3.8) is 0 Å². The van der Waals surface area contributed by atoms with Crippen LogP contribution in [0.15, 0.2) is 24.4 Å². The van der Waals surface area contributed by atoms with Crippen LogP contribution in [0, 0.1) is 13.8 Å². The molecule has 1 unspecified atom stereocenters. The summed E-state index contributed by atoms with van der Waals surface area (Å²) >= 11 is 0. The molecule has 0 radical (unpaired) electrons. The highest BCUT2D eigenvalue weighted by Crippen LogP contribution is 2.25. The zero-order valence-corrected chi connectivity index (χ0v) is 11.4. The van der Waals surface area contributed by atoms with Gasteiger partial charge in [0.15, 0.2) is 0 Å². The van der Waals surface area contributed by atoms with E-state index in [1.165, 1.54) is 11.1 Å². The molecule has 4 heteroatoms. The van der Waals surface area contributed by atoms with E-state index in [2.05, 4.69) is 42.0 Å². The largest absolute Gasteiger partial charge is 0.481 e. The average Bonchev–Trinajstić information content (AvgIpc) is 2.77. The van der Waals surface area contributed by atoms with Crippen molar-refractivity contribution < 1.29 is 9.90 Å². The Hall–Kier alpha value is -2.10. The molecule has 0 aliphatic heterocycles. The van der Waals surface area contributed by atoms with Gasteiger partial charge in [-0.3, -0.25) is 4.79 Å². The van der Waals surface area contributed by atoms with Crippen molar-refractivity contribution in [2.75, 3.05) is 0 Å². The fraction of sp³-hybridized carbons (Fsp3) is 0.333. The van der Waals surface area contributed by atoms with Gasteiger partial charge >= 0.3 is 5.97 Å². The monoisotopic (exact) mass is 258 g/mol. The van der Waals surface area contributed by atoms with Crippen LogP contribution in [0.2, 0.25) is 0 Å². The first kappa shape index (κ1) is 13.3. The van der Waals surface area contributed by atoms with E-state index in [9.17, 15) is 4.79 Å². The van der Waals surface area contributed by atoms with Crippen LogP contribution in [-0.2, 0) is 4.79 Å². The molecule has 19 heavy (non-hydrogen) atoms. The molecule has 4 nitrogen and oxygen atoms in total. The number of nitrogens with one attached hydrogen (secondary N) is 1. The van der Waals surface area contributed by atoms with Crippen LogP contribution in [0.5, 0.6) is 0 Å². The number of carboxylic acids is 1. The lowest BCUT2D eigenvalue weighted by Gasteiger charge is -2.06. The molecule has 0 amide bonds. The highest BCUT2D eigenvalue weighted by molar-refractivity contribution is 5.68. The lowest BCUT2D eigenvalue weighted by molar-refractivity contribution is -0.137. The van der Waals surface area contributed by atoms with Crippen molar-refractivity contribution in [2.45, 2.75) is 33.1 Å². The zero-order valence-electron chi connectivity index (χ0n) is 11.4. The molecule has 0 aliphatic rings. The third-order valence-corrected chi connectivity index (χ3v) is 3.22. The summed E-state index contributed by atoms with van der Waals surface area (Å²) in [5, 5.41) is 8.80. The van der Waals surface area contributed by atoms with Crippen molar-refractivity contribution in [3.8, 4) is 11.3 Å². The van der Waals surface area contributed by atoms with Gasteiger partial charge in [0.1, 0.15) is 5.82 Å². The first-order chi connectivity index (χ1) is 8.97. The molecule has 0 aliphatic carbocycles. The highest BCUT2D eigenvalue weighted by Gasteiger charge is 2.14. The van der Waals surface area contributed by atoms with E-state index >= 15 is 0 Å². The van der Waals surface area contributed by atoms with Gasteiger partial charge in [0, 0.05) is 11.5 Å². The molecule has 0 saturated heterocycles. The first-order valence-corrected chi connectivity index (χ1v) is 6.31. The SMILES string of the molecule is Cc1ccc(-c2cnc(C(C)CC(=O)O)[nH]2)c(C)c1. The quantitative estimate of drug-likeness (QED) is 0.884. The van der Waals surface area contributed by atoms with Crippen molar-refractivity contribution in [1.82, 2.24) is 9.97 Å². The minimum atomic E-state index is -0.808. The van der Waals surface area contributed by atoms with E-state index < -0.39 is 5.97 Å². The summed E-state index contributed by atoms with van der Waals surface area (Å²) in [6, 6.07) is 6.24. The van der Waals surface area contributed by atoms with Crippen molar-refractivity contribution in [2.24, 2.45) is 0 Å². The maximum Gasteiger partial charge on any atom is 0.304 e. The molecule has 0 bridgehead atoms. The van der Waals surface area contributed by atoms with Gasteiger partial charge in [-0.05, 0) is 19.4 Å². The third-order valence-electron chi connectivity index (χ3n) is 3.22. The molecule has 1 heterocycles. The van der Waals surface area contributed by atoms with Gasteiger partial charge in [0.05, 0.1) is 18.3 Å². The maximum atomic E-state index is 10.7. The van der Waals surface area contributed by atoms with Crippen LogP contribution in [-0.4, -0.2) is 21.0 Å². The van der Waals surface area contributed by atoms with Crippen LogP contribution in [0.1, 0.15) is 36.2 Å². The normalized spacial score (nSPS) is 12.4. The highest BCUT2D eigenvalue weighted by atomic mass is 16.4. The number of carboxylic acid groups (broad SMARTS) is 1.